The topological polar surface area (TPSA) is 129 Å². The number of aliphatic hydroxyl groups excluding tert-OH is 3. The first-order valence-corrected chi connectivity index (χ1v) is 12.6. The maximum Gasteiger partial charge on any atom is 0.191 e. The van der Waals surface area contributed by atoms with E-state index in [9.17, 15) is 15.3 Å². The second-order valence-electron chi connectivity index (χ2n) is 9.10. The summed E-state index contributed by atoms with van der Waals surface area (Å²) in [7, 11) is 0. The van der Waals surface area contributed by atoms with Gasteiger partial charge in [0.2, 0.25) is 0 Å². The minimum atomic E-state index is -1.06. The second kappa shape index (κ2) is 9.17. The molecule has 2 aliphatic carbocycles. The van der Waals surface area contributed by atoms with Crippen LogP contribution in [-0.2, 0) is 0 Å². The summed E-state index contributed by atoms with van der Waals surface area (Å²) in [6.45, 7) is 3.74. The van der Waals surface area contributed by atoms with E-state index < -0.39 is 30.3 Å². The van der Waals surface area contributed by atoms with Gasteiger partial charge in [-0.25, -0.2) is 14.6 Å². The molecule has 3 aromatic rings. The number of thioether (sulfide) groups is 1. The quantitative estimate of drug-likeness (QED) is 0.290. The average Bonchev–Trinajstić information content (AvgIpc) is 3.35. The Bertz CT molecular complexity index is 1110. The average molecular weight is 471 g/mol. The van der Waals surface area contributed by atoms with Gasteiger partial charge in [-0.1, -0.05) is 54.2 Å². The smallest absolute Gasteiger partial charge is 0.191 e. The summed E-state index contributed by atoms with van der Waals surface area (Å²) in [5.41, 5.74) is 2.39. The van der Waals surface area contributed by atoms with Gasteiger partial charge in [0, 0.05) is 23.6 Å². The fourth-order valence-electron chi connectivity index (χ4n) is 4.76. The van der Waals surface area contributed by atoms with E-state index in [1.54, 1.807) is 23.4 Å². The number of hydrogen-bond donors (Lipinski definition) is 4. The van der Waals surface area contributed by atoms with E-state index in [1.807, 2.05) is 6.07 Å². The summed E-state index contributed by atoms with van der Waals surface area (Å²) < 4.78 is 1.59. The molecule has 2 fully saturated rings. The van der Waals surface area contributed by atoms with Crippen molar-refractivity contribution in [3.63, 3.8) is 0 Å². The Morgan fingerprint density at radius 1 is 1.15 bits per heavy atom. The molecule has 2 aliphatic rings. The summed E-state index contributed by atoms with van der Waals surface area (Å²) in [6, 6.07) is 10.2. The molecule has 10 heteroatoms. The van der Waals surface area contributed by atoms with Crippen LogP contribution in [0.4, 0.5) is 5.82 Å². The molecule has 2 aromatic heterocycles. The lowest BCUT2D eigenvalue weighted by Gasteiger charge is -2.18. The van der Waals surface area contributed by atoms with E-state index in [0.29, 0.717) is 34.5 Å². The number of nitrogens with zero attached hydrogens (tertiary/aromatic N) is 5. The summed E-state index contributed by atoms with van der Waals surface area (Å²) in [4.78, 5) is 9.44. The first-order valence-electron chi connectivity index (χ1n) is 11.6. The number of nitrogens with one attached hydrogen (secondary N) is 1. The van der Waals surface area contributed by atoms with Crippen molar-refractivity contribution in [1.82, 2.24) is 25.0 Å². The van der Waals surface area contributed by atoms with Crippen LogP contribution in [0.2, 0.25) is 0 Å². The number of anilines is 1. The van der Waals surface area contributed by atoms with Crippen LogP contribution in [0.1, 0.15) is 50.6 Å². The van der Waals surface area contributed by atoms with E-state index in [2.05, 4.69) is 46.8 Å². The summed E-state index contributed by atoms with van der Waals surface area (Å²) in [5.74, 6) is 1.53. The number of hydrogen-bond acceptors (Lipinski definition) is 9. The van der Waals surface area contributed by atoms with Gasteiger partial charge in [0.15, 0.2) is 22.1 Å². The molecule has 0 aliphatic heterocycles. The minimum absolute atomic E-state index is 0.262. The Hall–Kier alpha value is -2.27. The molecule has 0 bridgehead atoms. The van der Waals surface area contributed by atoms with Gasteiger partial charge in [-0.15, -0.1) is 5.10 Å². The van der Waals surface area contributed by atoms with Crippen LogP contribution in [0, 0.1) is 5.92 Å². The number of benzene rings is 1. The van der Waals surface area contributed by atoms with Gasteiger partial charge in [-0.2, -0.15) is 0 Å². The van der Waals surface area contributed by atoms with Crippen molar-refractivity contribution in [2.45, 2.75) is 74.6 Å². The van der Waals surface area contributed by atoms with Gasteiger partial charge in [0.05, 0.1) is 18.2 Å². The van der Waals surface area contributed by atoms with Crippen LogP contribution < -0.4 is 5.32 Å². The van der Waals surface area contributed by atoms with Crippen molar-refractivity contribution in [3.05, 3.63) is 35.9 Å². The fourth-order valence-corrected chi connectivity index (χ4v) is 5.45. The molecule has 1 aromatic carbocycles. The van der Waals surface area contributed by atoms with Crippen molar-refractivity contribution >= 4 is 28.7 Å². The van der Waals surface area contributed by atoms with Crippen molar-refractivity contribution < 1.29 is 15.3 Å². The highest BCUT2D eigenvalue weighted by Gasteiger charge is 2.46. The van der Waals surface area contributed by atoms with Gasteiger partial charge in [-0.3, -0.25) is 0 Å². The third-order valence-corrected chi connectivity index (χ3v) is 7.76. The highest BCUT2D eigenvalue weighted by Crippen LogP contribution is 2.44. The third kappa shape index (κ3) is 4.32. The molecule has 4 N–H and O–H groups in total. The molecule has 0 amide bonds. The lowest BCUT2D eigenvalue weighted by atomic mass is 10.00. The van der Waals surface area contributed by atoms with E-state index in [0.717, 1.165) is 18.6 Å². The van der Waals surface area contributed by atoms with Crippen molar-refractivity contribution in [3.8, 4) is 0 Å². The van der Waals surface area contributed by atoms with Gasteiger partial charge in [0.1, 0.15) is 6.10 Å². The third-order valence-electron chi connectivity index (χ3n) is 6.71. The predicted octanol–water partition coefficient (Wildman–Crippen LogP) is 2.35. The van der Waals surface area contributed by atoms with E-state index in [1.165, 1.54) is 5.56 Å². The largest absolute Gasteiger partial charge is 0.393 e. The molecule has 9 nitrogen and oxygen atoms in total. The first-order chi connectivity index (χ1) is 16.0. The Kier molecular flexibility index (Phi) is 6.26. The van der Waals surface area contributed by atoms with Gasteiger partial charge < -0.3 is 20.6 Å². The Morgan fingerprint density at radius 2 is 1.94 bits per heavy atom. The number of aliphatic hydroxyl groups is 3. The standard InChI is InChI=1S/C23H30N6O3S/c1-3-9-33-23-25-21(24-16-10-15(16)13-7-5-4-6-8-13)18-22(26-23)29(28-27-18)17-11-14(12(2)30)19(31)20(17)32/h4-8,12,14-17,19-20,30-32H,3,9-11H2,1-2H3,(H,24,25,26). The first kappa shape index (κ1) is 22.5. The van der Waals surface area contributed by atoms with Crippen molar-refractivity contribution in [2.24, 2.45) is 5.92 Å². The lowest BCUT2D eigenvalue weighted by Crippen LogP contribution is -2.33. The highest BCUT2D eigenvalue weighted by molar-refractivity contribution is 7.99. The molecule has 7 atom stereocenters. The normalized spacial score (nSPS) is 30.0. The zero-order valence-corrected chi connectivity index (χ0v) is 19.6. The maximum absolute atomic E-state index is 10.7. The summed E-state index contributed by atoms with van der Waals surface area (Å²) >= 11 is 1.57. The molecular formula is C23H30N6O3S. The number of rotatable bonds is 8. The lowest BCUT2D eigenvalue weighted by molar-refractivity contribution is -0.0221. The predicted molar refractivity (Wildman–Crippen MR) is 126 cm³/mol. The van der Waals surface area contributed by atoms with Crippen LogP contribution in [-0.4, -0.2) is 70.4 Å². The Morgan fingerprint density at radius 3 is 2.64 bits per heavy atom. The maximum atomic E-state index is 10.7. The molecule has 2 heterocycles. The molecule has 2 saturated carbocycles. The zero-order valence-electron chi connectivity index (χ0n) is 18.7. The van der Waals surface area contributed by atoms with Crippen molar-refractivity contribution in [2.75, 3.05) is 11.1 Å². The number of fused-ring (bicyclic) bond motifs is 1. The van der Waals surface area contributed by atoms with Crippen LogP contribution in [0.15, 0.2) is 35.5 Å². The molecule has 5 rings (SSSR count). The Balaban J connectivity index is 1.47. The summed E-state index contributed by atoms with van der Waals surface area (Å²) in [6.07, 6.45) is -0.415. The number of aromatic nitrogens is 5. The van der Waals surface area contributed by atoms with Crippen LogP contribution in [0.25, 0.3) is 11.2 Å². The minimum Gasteiger partial charge on any atom is -0.393 e. The molecular weight excluding hydrogens is 440 g/mol. The van der Waals surface area contributed by atoms with Crippen LogP contribution in [0.3, 0.4) is 0 Å². The highest BCUT2D eigenvalue weighted by atomic mass is 32.2. The molecule has 33 heavy (non-hydrogen) atoms. The monoisotopic (exact) mass is 470 g/mol. The van der Waals surface area contributed by atoms with E-state index >= 15 is 0 Å². The van der Waals surface area contributed by atoms with Gasteiger partial charge >= 0.3 is 0 Å². The molecule has 176 valence electrons. The molecule has 0 saturated heterocycles. The summed E-state index contributed by atoms with van der Waals surface area (Å²) in [5, 5.41) is 44.0. The van der Waals surface area contributed by atoms with Gasteiger partial charge in [-0.05, 0) is 31.7 Å². The van der Waals surface area contributed by atoms with Crippen LogP contribution in [0.5, 0.6) is 0 Å². The van der Waals surface area contributed by atoms with Gasteiger partial charge in [0.25, 0.3) is 0 Å². The van der Waals surface area contributed by atoms with Crippen molar-refractivity contribution in [1.29, 1.82) is 0 Å². The fraction of sp³-hybridized carbons (Fsp3) is 0.565. The second-order valence-corrected chi connectivity index (χ2v) is 10.2. The SMILES string of the molecule is CCCSc1nc(NC2CC2c2ccccc2)c2nnn(C3CC(C(C)O)C(O)C3O)c2n1. The van der Waals surface area contributed by atoms with E-state index in [4.69, 9.17) is 9.97 Å². The van der Waals surface area contributed by atoms with Crippen LogP contribution >= 0.6 is 11.8 Å². The molecule has 7 unspecified atom stereocenters. The van der Waals surface area contributed by atoms with E-state index in [-0.39, 0.29) is 6.04 Å². The molecule has 0 spiro atoms. The zero-order chi connectivity index (χ0) is 23.1. The Labute approximate surface area is 196 Å². The molecule has 0 radical (unpaired) electrons.